The third kappa shape index (κ3) is 4.93. The van der Waals surface area contributed by atoms with Crippen LogP contribution in [0, 0.1) is 0 Å². The number of rotatable bonds is 6. The van der Waals surface area contributed by atoms with Crippen LogP contribution in [0.15, 0.2) is 11.4 Å². The minimum absolute atomic E-state index is 0.0725. The SMILES string of the molecule is CC(O)CN(C(=O)NCC(C)N1CCc2sccc2C1)C(C)C. The Morgan fingerprint density at radius 3 is 2.83 bits per heavy atom. The van der Waals surface area contributed by atoms with Gasteiger partial charge in [0.25, 0.3) is 0 Å². The largest absolute Gasteiger partial charge is 0.392 e. The van der Waals surface area contributed by atoms with Crippen molar-refractivity contribution in [1.29, 1.82) is 0 Å². The molecule has 5 nitrogen and oxygen atoms in total. The van der Waals surface area contributed by atoms with E-state index < -0.39 is 6.10 Å². The minimum Gasteiger partial charge on any atom is -0.392 e. The third-order valence-electron chi connectivity index (χ3n) is 4.35. The van der Waals surface area contributed by atoms with E-state index in [0.29, 0.717) is 19.1 Å². The maximum Gasteiger partial charge on any atom is 0.317 e. The van der Waals surface area contributed by atoms with Crippen molar-refractivity contribution in [3.63, 3.8) is 0 Å². The summed E-state index contributed by atoms with van der Waals surface area (Å²) >= 11 is 1.84. The summed E-state index contributed by atoms with van der Waals surface area (Å²) in [4.78, 5) is 18.0. The highest BCUT2D eigenvalue weighted by Gasteiger charge is 2.23. The lowest BCUT2D eigenvalue weighted by Crippen LogP contribution is -2.50. The molecule has 6 heteroatoms. The van der Waals surface area contributed by atoms with Crippen molar-refractivity contribution in [2.75, 3.05) is 19.6 Å². The number of amides is 2. The predicted molar refractivity (Wildman–Crippen MR) is 94.8 cm³/mol. The molecular formula is C17H29N3O2S. The number of nitrogens with one attached hydrogen (secondary N) is 1. The fourth-order valence-electron chi connectivity index (χ4n) is 2.93. The standard InChI is InChI=1S/C17H29N3O2S/c1-12(2)20(10-14(4)21)17(22)18-9-13(3)19-7-5-16-15(11-19)6-8-23-16/h6,8,12-14,21H,5,7,9-11H2,1-4H3,(H,18,22). The van der Waals surface area contributed by atoms with Crippen LogP contribution in [0.1, 0.15) is 38.1 Å². The number of urea groups is 1. The van der Waals surface area contributed by atoms with E-state index in [1.807, 2.05) is 25.2 Å². The summed E-state index contributed by atoms with van der Waals surface area (Å²) in [6.45, 7) is 10.8. The third-order valence-corrected chi connectivity index (χ3v) is 5.38. The van der Waals surface area contributed by atoms with Gasteiger partial charge in [-0.3, -0.25) is 4.90 Å². The highest BCUT2D eigenvalue weighted by atomic mass is 32.1. The average Bonchev–Trinajstić information content (AvgIpc) is 2.96. The van der Waals surface area contributed by atoms with Gasteiger partial charge in [0.1, 0.15) is 0 Å². The Balaban J connectivity index is 1.84. The van der Waals surface area contributed by atoms with E-state index in [9.17, 15) is 9.90 Å². The van der Waals surface area contributed by atoms with Gasteiger partial charge in [0, 0.05) is 43.1 Å². The first-order valence-corrected chi connectivity index (χ1v) is 9.28. The van der Waals surface area contributed by atoms with Crippen molar-refractivity contribution < 1.29 is 9.90 Å². The Bertz CT molecular complexity index is 516. The van der Waals surface area contributed by atoms with Crippen LogP contribution in [-0.4, -0.2) is 58.8 Å². The molecule has 0 aromatic carbocycles. The highest BCUT2D eigenvalue weighted by molar-refractivity contribution is 7.10. The van der Waals surface area contributed by atoms with Crippen molar-refractivity contribution in [1.82, 2.24) is 15.1 Å². The molecule has 0 fully saturated rings. The lowest BCUT2D eigenvalue weighted by Gasteiger charge is -2.34. The molecule has 0 saturated carbocycles. The number of carbonyl (C=O) groups is 1. The first-order valence-electron chi connectivity index (χ1n) is 8.40. The van der Waals surface area contributed by atoms with E-state index in [1.165, 1.54) is 10.4 Å². The van der Waals surface area contributed by atoms with Gasteiger partial charge in [0.2, 0.25) is 0 Å². The topological polar surface area (TPSA) is 55.8 Å². The number of aliphatic hydroxyl groups excluding tert-OH is 1. The lowest BCUT2D eigenvalue weighted by molar-refractivity contribution is 0.116. The van der Waals surface area contributed by atoms with E-state index in [4.69, 9.17) is 0 Å². The minimum atomic E-state index is -0.514. The molecule has 2 N–H and O–H groups in total. The summed E-state index contributed by atoms with van der Waals surface area (Å²) in [5.74, 6) is 0. The first-order chi connectivity index (χ1) is 10.9. The van der Waals surface area contributed by atoms with Crippen LogP contribution in [0.4, 0.5) is 4.79 Å². The summed E-state index contributed by atoms with van der Waals surface area (Å²) in [6, 6.07) is 2.48. The van der Waals surface area contributed by atoms with Crippen LogP contribution in [-0.2, 0) is 13.0 Å². The monoisotopic (exact) mass is 339 g/mol. The maximum atomic E-state index is 12.4. The van der Waals surface area contributed by atoms with Gasteiger partial charge in [-0.05, 0) is 51.1 Å². The lowest BCUT2D eigenvalue weighted by atomic mass is 10.1. The zero-order valence-corrected chi connectivity index (χ0v) is 15.4. The molecule has 0 saturated heterocycles. The Labute approximate surface area is 143 Å². The summed E-state index contributed by atoms with van der Waals surface area (Å²) < 4.78 is 0. The molecule has 2 heterocycles. The van der Waals surface area contributed by atoms with E-state index in [2.05, 4.69) is 28.6 Å². The Morgan fingerprint density at radius 1 is 1.43 bits per heavy atom. The van der Waals surface area contributed by atoms with Gasteiger partial charge in [-0.1, -0.05) is 0 Å². The predicted octanol–water partition coefficient (Wildman–Crippen LogP) is 2.30. The second-order valence-corrected chi connectivity index (χ2v) is 7.72. The average molecular weight is 340 g/mol. The molecule has 130 valence electrons. The van der Waals surface area contributed by atoms with Crippen molar-refractivity contribution in [3.05, 3.63) is 21.9 Å². The van der Waals surface area contributed by atoms with Crippen molar-refractivity contribution >= 4 is 17.4 Å². The van der Waals surface area contributed by atoms with Gasteiger partial charge in [-0.25, -0.2) is 4.79 Å². The van der Waals surface area contributed by atoms with Gasteiger partial charge in [-0.2, -0.15) is 0 Å². The van der Waals surface area contributed by atoms with Crippen LogP contribution in [0.2, 0.25) is 0 Å². The van der Waals surface area contributed by atoms with E-state index in [0.717, 1.165) is 19.5 Å². The molecule has 0 aliphatic carbocycles. The molecule has 0 radical (unpaired) electrons. The smallest absolute Gasteiger partial charge is 0.317 e. The van der Waals surface area contributed by atoms with E-state index in [-0.39, 0.29) is 12.1 Å². The van der Waals surface area contributed by atoms with Crippen molar-refractivity contribution in [2.45, 2.75) is 58.8 Å². The zero-order valence-electron chi connectivity index (χ0n) is 14.6. The summed E-state index contributed by atoms with van der Waals surface area (Å²) in [6.07, 6.45) is 0.588. The molecule has 2 unspecified atom stereocenters. The van der Waals surface area contributed by atoms with Crippen LogP contribution < -0.4 is 5.32 Å². The molecular weight excluding hydrogens is 310 g/mol. The van der Waals surface area contributed by atoms with Crippen molar-refractivity contribution in [3.8, 4) is 0 Å². The maximum absolute atomic E-state index is 12.4. The molecule has 2 atom stereocenters. The van der Waals surface area contributed by atoms with E-state index in [1.54, 1.807) is 11.8 Å². The van der Waals surface area contributed by atoms with Gasteiger partial charge in [-0.15, -0.1) is 11.3 Å². The molecule has 0 spiro atoms. The summed E-state index contributed by atoms with van der Waals surface area (Å²) in [5.41, 5.74) is 1.43. The number of hydrogen-bond donors (Lipinski definition) is 2. The first kappa shape index (κ1) is 18.2. The molecule has 2 rings (SSSR count). The van der Waals surface area contributed by atoms with Crippen LogP contribution in [0.3, 0.4) is 0 Å². The molecule has 1 aliphatic rings. The highest BCUT2D eigenvalue weighted by Crippen LogP contribution is 2.24. The Morgan fingerprint density at radius 2 is 2.17 bits per heavy atom. The second-order valence-electron chi connectivity index (χ2n) is 6.72. The fraction of sp³-hybridized carbons (Fsp3) is 0.706. The number of aliphatic hydroxyl groups is 1. The molecule has 1 aromatic rings. The molecule has 1 aromatic heterocycles. The van der Waals surface area contributed by atoms with Crippen LogP contribution >= 0.6 is 11.3 Å². The number of fused-ring (bicyclic) bond motifs is 1. The van der Waals surface area contributed by atoms with Gasteiger partial charge in [0.05, 0.1) is 6.10 Å². The number of hydrogen-bond acceptors (Lipinski definition) is 4. The summed E-state index contributed by atoms with van der Waals surface area (Å²) in [5, 5.41) is 14.7. The number of thiophene rings is 1. The molecule has 23 heavy (non-hydrogen) atoms. The second kappa shape index (κ2) is 8.13. The fourth-order valence-corrected chi connectivity index (χ4v) is 3.81. The van der Waals surface area contributed by atoms with Crippen molar-refractivity contribution in [2.24, 2.45) is 0 Å². The van der Waals surface area contributed by atoms with Crippen LogP contribution in [0.25, 0.3) is 0 Å². The number of carbonyl (C=O) groups excluding carboxylic acids is 1. The molecule has 1 aliphatic heterocycles. The quantitative estimate of drug-likeness (QED) is 0.836. The molecule has 2 amide bonds. The zero-order chi connectivity index (χ0) is 17.0. The molecule has 0 bridgehead atoms. The van der Waals surface area contributed by atoms with Gasteiger partial charge < -0.3 is 15.3 Å². The normalized spacial score (nSPS) is 17.7. The van der Waals surface area contributed by atoms with Gasteiger partial charge >= 0.3 is 6.03 Å². The Kier molecular flexibility index (Phi) is 6.44. The van der Waals surface area contributed by atoms with E-state index >= 15 is 0 Å². The van der Waals surface area contributed by atoms with Gasteiger partial charge in [0.15, 0.2) is 0 Å². The number of nitrogens with zero attached hydrogens (tertiary/aromatic N) is 2. The Hall–Kier alpha value is -1.11. The summed E-state index contributed by atoms with van der Waals surface area (Å²) in [7, 11) is 0. The van der Waals surface area contributed by atoms with Crippen LogP contribution in [0.5, 0.6) is 0 Å².